The van der Waals surface area contributed by atoms with Crippen molar-refractivity contribution in [3.63, 3.8) is 0 Å². The van der Waals surface area contributed by atoms with E-state index in [9.17, 15) is 8.78 Å². The first-order chi connectivity index (χ1) is 8.72. The summed E-state index contributed by atoms with van der Waals surface area (Å²) in [6.07, 6.45) is 2.34. The van der Waals surface area contributed by atoms with Crippen molar-refractivity contribution in [2.45, 2.75) is 25.3 Å². The molecular formula is C13H18F2N2O. The summed E-state index contributed by atoms with van der Waals surface area (Å²) in [5.41, 5.74) is 3.05. The van der Waals surface area contributed by atoms with Crippen LogP contribution in [-0.4, -0.2) is 19.3 Å². The van der Waals surface area contributed by atoms with E-state index in [1.54, 1.807) is 6.07 Å². The van der Waals surface area contributed by atoms with Crippen LogP contribution in [0.4, 0.5) is 8.78 Å². The average molecular weight is 256 g/mol. The van der Waals surface area contributed by atoms with Gasteiger partial charge in [-0.3, -0.25) is 11.3 Å². The number of hydrazine groups is 1. The summed E-state index contributed by atoms with van der Waals surface area (Å²) in [7, 11) is 0. The summed E-state index contributed by atoms with van der Waals surface area (Å²) in [6, 6.07) is 4.13. The van der Waals surface area contributed by atoms with Crippen LogP contribution in [0.2, 0.25) is 0 Å². The second-order valence-corrected chi connectivity index (χ2v) is 4.67. The third-order valence-corrected chi connectivity index (χ3v) is 3.45. The van der Waals surface area contributed by atoms with Gasteiger partial charge in [0.15, 0.2) is 11.6 Å². The Bertz CT molecular complexity index is 395. The van der Waals surface area contributed by atoms with E-state index in [4.69, 9.17) is 10.6 Å². The molecule has 1 aromatic rings. The Kier molecular flexibility index (Phi) is 4.63. The van der Waals surface area contributed by atoms with E-state index in [0.29, 0.717) is 18.6 Å². The van der Waals surface area contributed by atoms with Gasteiger partial charge in [-0.2, -0.15) is 0 Å². The molecule has 0 saturated carbocycles. The first-order valence-corrected chi connectivity index (χ1v) is 6.19. The lowest BCUT2D eigenvalue weighted by molar-refractivity contribution is 0.0392. The van der Waals surface area contributed by atoms with Crippen LogP contribution in [0.15, 0.2) is 18.2 Å². The van der Waals surface area contributed by atoms with E-state index in [1.165, 1.54) is 6.07 Å². The molecule has 2 atom stereocenters. The molecule has 1 aliphatic heterocycles. The molecule has 1 aliphatic rings. The van der Waals surface area contributed by atoms with Gasteiger partial charge in [0.1, 0.15) is 0 Å². The predicted molar refractivity (Wildman–Crippen MR) is 64.7 cm³/mol. The van der Waals surface area contributed by atoms with Gasteiger partial charge in [0.05, 0.1) is 6.61 Å². The highest BCUT2D eigenvalue weighted by molar-refractivity contribution is 5.20. The molecule has 3 nitrogen and oxygen atoms in total. The van der Waals surface area contributed by atoms with E-state index in [1.807, 2.05) is 0 Å². The molecule has 0 bridgehead atoms. The summed E-state index contributed by atoms with van der Waals surface area (Å²) < 4.78 is 32.1. The van der Waals surface area contributed by atoms with Crippen LogP contribution in [0.25, 0.3) is 0 Å². The van der Waals surface area contributed by atoms with Crippen molar-refractivity contribution in [1.82, 2.24) is 5.43 Å². The van der Waals surface area contributed by atoms with Crippen molar-refractivity contribution < 1.29 is 13.5 Å². The fourth-order valence-corrected chi connectivity index (χ4v) is 2.39. The number of halogens is 2. The monoisotopic (exact) mass is 256 g/mol. The molecule has 100 valence electrons. The van der Waals surface area contributed by atoms with Gasteiger partial charge in [-0.25, -0.2) is 8.78 Å². The third-order valence-electron chi connectivity index (χ3n) is 3.45. The van der Waals surface area contributed by atoms with Gasteiger partial charge in [-0.1, -0.05) is 12.1 Å². The Hall–Kier alpha value is -1.04. The van der Waals surface area contributed by atoms with E-state index < -0.39 is 11.6 Å². The lowest BCUT2D eigenvalue weighted by Crippen LogP contribution is -2.45. The molecule has 0 amide bonds. The maximum absolute atomic E-state index is 13.6. The standard InChI is InChI=1S/C13H18F2N2O/c14-11-5-1-3-9(13(11)15)7-12(17-16)10-4-2-6-18-8-10/h1,3,5,10,12,17H,2,4,6-8,16H2. The number of benzene rings is 1. The summed E-state index contributed by atoms with van der Waals surface area (Å²) in [4.78, 5) is 0. The minimum atomic E-state index is -0.817. The summed E-state index contributed by atoms with van der Waals surface area (Å²) >= 11 is 0. The molecule has 3 N–H and O–H groups in total. The SMILES string of the molecule is NNC(Cc1cccc(F)c1F)C1CCCOC1. The van der Waals surface area contributed by atoms with Crippen LogP contribution in [0.3, 0.4) is 0 Å². The van der Waals surface area contributed by atoms with E-state index in [2.05, 4.69) is 5.43 Å². The van der Waals surface area contributed by atoms with Crippen LogP contribution < -0.4 is 11.3 Å². The van der Waals surface area contributed by atoms with Crippen molar-refractivity contribution in [1.29, 1.82) is 0 Å². The van der Waals surface area contributed by atoms with Gasteiger partial charge < -0.3 is 4.74 Å². The molecule has 1 saturated heterocycles. The van der Waals surface area contributed by atoms with Crippen LogP contribution in [-0.2, 0) is 11.2 Å². The Balaban J connectivity index is 2.07. The van der Waals surface area contributed by atoms with Crippen molar-refractivity contribution >= 4 is 0 Å². The largest absolute Gasteiger partial charge is 0.381 e. The lowest BCUT2D eigenvalue weighted by Gasteiger charge is -2.29. The Morgan fingerprint density at radius 2 is 2.28 bits per heavy atom. The molecule has 0 aromatic heterocycles. The zero-order valence-electron chi connectivity index (χ0n) is 10.2. The molecule has 1 heterocycles. The summed E-state index contributed by atoms with van der Waals surface area (Å²) in [5.74, 6) is 4.16. The van der Waals surface area contributed by atoms with Gasteiger partial charge in [-0.15, -0.1) is 0 Å². The minimum absolute atomic E-state index is 0.0957. The predicted octanol–water partition coefficient (Wildman–Crippen LogP) is 1.77. The Morgan fingerprint density at radius 3 is 2.94 bits per heavy atom. The Morgan fingerprint density at radius 1 is 1.44 bits per heavy atom. The number of rotatable bonds is 4. The zero-order chi connectivity index (χ0) is 13.0. The van der Waals surface area contributed by atoms with Crippen LogP contribution in [0, 0.1) is 17.6 Å². The van der Waals surface area contributed by atoms with Crippen LogP contribution >= 0.6 is 0 Å². The fraction of sp³-hybridized carbons (Fsp3) is 0.538. The molecule has 2 rings (SSSR count). The normalized spacial score (nSPS) is 21.8. The molecule has 18 heavy (non-hydrogen) atoms. The maximum atomic E-state index is 13.6. The quantitative estimate of drug-likeness (QED) is 0.637. The van der Waals surface area contributed by atoms with Gasteiger partial charge in [0.2, 0.25) is 0 Å². The molecule has 0 spiro atoms. The van der Waals surface area contributed by atoms with Crippen LogP contribution in [0.5, 0.6) is 0 Å². The van der Waals surface area contributed by atoms with E-state index in [-0.39, 0.29) is 12.0 Å². The van der Waals surface area contributed by atoms with Gasteiger partial charge in [-0.05, 0) is 36.8 Å². The lowest BCUT2D eigenvalue weighted by atomic mass is 9.89. The smallest absolute Gasteiger partial charge is 0.162 e. The number of hydrogen-bond donors (Lipinski definition) is 2. The number of nitrogens with one attached hydrogen (secondary N) is 1. The average Bonchev–Trinajstić information content (AvgIpc) is 2.41. The minimum Gasteiger partial charge on any atom is -0.381 e. The summed E-state index contributed by atoms with van der Waals surface area (Å²) in [5, 5.41) is 0. The number of nitrogens with two attached hydrogens (primary N) is 1. The summed E-state index contributed by atoms with van der Waals surface area (Å²) in [6.45, 7) is 1.38. The second-order valence-electron chi connectivity index (χ2n) is 4.67. The fourth-order valence-electron chi connectivity index (χ4n) is 2.39. The van der Waals surface area contributed by atoms with Crippen molar-refractivity contribution in [3.8, 4) is 0 Å². The van der Waals surface area contributed by atoms with E-state index >= 15 is 0 Å². The first-order valence-electron chi connectivity index (χ1n) is 6.19. The topological polar surface area (TPSA) is 47.3 Å². The molecule has 0 radical (unpaired) electrons. The highest BCUT2D eigenvalue weighted by atomic mass is 19.2. The molecule has 1 fully saturated rings. The number of hydrogen-bond acceptors (Lipinski definition) is 3. The van der Waals surface area contributed by atoms with Crippen molar-refractivity contribution in [3.05, 3.63) is 35.4 Å². The van der Waals surface area contributed by atoms with Crippen LogP contribution in [0.1, 0.15) is 18.4 Å². The number of ether oxygens (including phenoxy) is 1. The Labute approximate surface area is 105 Å². The molecule has 1 aromatic carbocycles. The molecule has 2 unspecified atom stereocenters. The van der Waals surface area contributed by atoms with Gasteiger partial charge >= 0.3 is 0 Å². The highest BCUT2D eigenvalue weighted by Gasteiger charge is 2.24. The van der Waals surface area contributed by atoms with Gasteiger partial charge in [0, 0.05) is 12.6 Å². The van der Waals surface area contributed by atoms with Crippen molar-refractivity contribution in [2.24, 2.45) is 11.8 Å². The third kappa shape index (κ3) is 3.04. The zero-order valence-corrected chi connectivity index (χ0v) is 10.2. The van der Waals surface area contributed by atoms with Crippen molar-refractivity contribution in [2.75, 3.05) is 13.2 Å². The molecule has 5 heteroatoms. The maximum Gasteiger partial charge on any atom is 0.162 e. The second kappa shape index (κ2) is 6.22. The van der Waals surface area contributed by atoms with Gasteiger partial charge in [0.25, 0.3) is 0 Å². The molecular weight excluding hydrogens is 238 g/mol. The first kappa shape index (κ1) is 13.4. The van der Waals surface area contributed by atoms with E-state index in [0.717, 1.165) is 25.5 Å². The highest BCUT2D eigenvalue weighted by Crippen LogP contribution is 2.21. The molecule has 0 aliphatic carbocycles.